The van der Waals surface area contributed by atoms with Crippen molar-refractivity contribution in [1.82, 2.24) is 10.1 Å². The van der Waals surface area contributed by atoms with Crippen molar-refractivity contribution in [2.45, 2.75) is 53.0 Å². The summed E-state index contributed by atoms with van der Waals surface area (Å²) in [6, 6.07) is 5.51. The van der Waals surface area contributed by atoms with Crippen LogP contribution in [-0.2, 0) is 0 Å². The molecule has 2 bridgehead atoms. The third kappa shape index (κ3) is 3.17. The molecule has 2 aromatic rings. The molecule has 0 spiro atoms. The molecule has 1 aliphatic heterocycles. The van der Waals surface area contributed by atoms with E-state index in [4.69, 9.17) is 27.7 Å². The second kappa shape index (κ2) is 6.25. The van der Waals surface area contributed by atoms with Gasteiger partial charge < -0.3 is 9.42 Å². The Morgan fingerprint density at radius 3 is 2.56 bits per heavy atom. The number of aromatic nitrogens is 1. The minimum absolute atomic E-state index is 0.0360. The van der Waals surface area contributed by atoms with Gasteiger partial charge in [-0.25, -0.2) is 0 Å². The molecule has 6 heteroatoms. The molecule has 1 amide bonds. The fourth-order valence-corrected chi connectivity index (χ4v) is 5.94. The minimum Gasteiger partial charge on any atom is -0.360 e. The maximum atomic E-state index is 13.6. The Balaban J connectivity index is 1.76. The van der Waals surface area contributed by atoms with Gasteiger partial charge in [0.25, 0.3) is 5.91 Å². The number of hydrogen-bond donors (Lipinski definition) is 0. The van der Waals surface area contributed by atoms with Gasteiger partial charge in [-0.15, -0.1) is 0 Å². The van der Waals surface area contributed by atoms with Crippen molar-refractivity contribution in [3.63, 3.8) is 0 Å². The van der Waals surface area contributed by atoms with Crippen molar-refractivity contribution in [2.75, 3.05) is 6.54 Å². The molecule has 2 fully saturated rings. The van der Waals surface area contributed by atoms with E-state index >= 15 is 0 Å². The van der Waals surface area contributed by atoms with Crippen LogP contribution >= 0.6 is 23.2 Å². The zero-order valence-corrected chi connectivity index (χ0v) is 17.6. The van der Waals surface area contributed by atoms with Crippen LogP contribution in [-0.4, -0.2) is 28.6 Å². The van der Waals surface area contributed by atoms with E-state index in [-0.39, 0.29) is 22.8 Å². The molecule has 0 unspecified atom stereocenters. The van der Waals surface area contributed by atoms with Gasteiger partial charge in [-0.1, -0.05) is 55.2 Å². The van der Waals surface area contributed by atoms with Crippen molar-refractivity contribution in [3.05, 3.63) is 39.6 Å². The van der Waals surface area contributed by atoms with E-state index in [1.807, 2.05) is 4.90 Å². The average Bonchev–Trinajstić information content (AvgIpc) is 3.03. The van der Waals surface area contributed by atoms with Gasteiger partial charge in [-0.3, -0.25) is 4.79 Å². The first-order valence-electron chi connectivity index (χ1n) is 9.32. The average molecular weight is 407 g/mol. The Bertz CT molecular complexity index is 901. The molecular weight excluding hydrogens is 383 g/mol. The van der Waals surface area contributed by atoms with Gasteiger partial charge in [0.05, 0.1) is 10.0 Å². The molecular formula is C21H24Cl2N2O2. The number of nitrogens with zero attached hydrogens (tertiary/aromatic N) is 2. The number of carbonyl (C=O) groups is 1. The van der Waals surface area contributed by atoms with Gasteiger partial charge in [0, 0.05) is 18.2 Å². The lowest BCUT2D eigenvalue weighted by Crippen LogP contribution is -2.38. The van der Waals surface area contributed by atoms with Crippen LogP contribution in [0.3, 0.4) is 0 Å². The molecule has 4 rings (SSSR count). The van der Waals surface area contributed by atoms with E-state index in [1.165, 1.54) is 0 Å². The van der Waals surface area contributed by atoms with Crippen LogP contribution in [0.5, 0.6) is 0 Å². The molecule has 1 aliphatic carbocycles. The van der Waals surface area contributed by atoms with Crippen molar-refractivity contribution in [3.8, 4) is 11.3 Å². The van der Waals surface area contributed by atoms with Crippen LogP contribution < -0.4 is 0 Å². The van der Waals surface area contributed by atoms with Crippen molar-refractivity contribution < 1.29 is 9.32 Å². The molecule has 0 N–H and O–H groups in total. The zero-order chi connectivity index (χ0) is 19.6. The maximum absolute atomic E-state index is 13.6. The summed E-state index contributed by atoms with van der Waals surface area (Å²) in [5, 5.41) is 5.05. The first-order valence-corrected chi connectivity index (χ1v) is 10.1. The number of halogens is 2. The quantitative estimate of drug-likeness (QED) is 0.614. The van der Waals surface area contributed by atoms with Gasteiger partial charge in [0.2, 0.25) is 0 Å². The largest absolute Gasteiger partial charge is 0.360 e. The Kier molecular flexibility index (Phi) is 4.36. The summed E-state index contributed by atoms with van der Waals surface area (Å²) in [4.78, 5) is 15.6. The van der Waals surface area contributed by atoms with Crippen LogP contribution in [0.1, 0.15) is 56.2 Å². The minimum atomic E-state index is -0.0360. The lowest BCUT2D eigenvalue weighted by molar-refractivity contribution is 0.0707. The molecule has 4 nitrogen and oxygen atoms in total. The number of fused-ring (bicyclic) bond motifs is 2. The number of amides is 1. The first kappa shape index (κ1) is 18.8. The second-order valence-electron chi connectivity index (χ2n) is 9.21. The molecule has 0 radical (unpaired) electrons. The molecule has 1 aromatic carbocycles. The third-order valence-corrected chi connectivity index (χ3v) is 6.58. The fourth-order valence-electron chi connectivity index (χ4n) is 5.36. The van der Waals surface area contributed by atoms with Gasteiger partial charge in [-0.2, -0.15) is 0 Å². The number of benzene rings is 1. The Labute approximate surface area is 169 Å². The summed E-state index contributed by atoms with van der Waals surface area (Å²) >= 11 is 12.7. The molecule has 1 saturated carbocycles. The summed E-state index contributed by atoms with van der Waals surface area (Å²) in [5.41, 5.74) is 1.85. The van der Waals surface area contributed by atoms with Crippen LogP contribution in [0.15, 0.2) is 22.7 Å². The molecule has 27 heavy (non-hydrogen) atoms. The topological polar surface area (TPSA) is 46.3 Å². The van der Waals surface area contributed by atoms with Crippen LogP contribution in [0.2, 0.25) is 10.0 Å². The Morgan fingerprint density at radius 1 is 1.22 bits per heavy atom. The summed E-state index contributed by atoms with van der Waals surface area (Å²) in [5.74, 6) is 0.461. The number of rotatable bonds is 2. The molecule has 2 heterocycles. The molecule has 1 aromatic heterocycles. The van der Waals surface area contributed by atoms with E-state index in [1.54, 1.807) is 25.1 Å². The second-order valence-corrected chi connectivity index (χ2v) is 10.0. The predicted octanol–water partition coefficient (Wildman–Crippen LogP) is 6.00. The highest BCUT2D eigenvalue weighted by molar-refractivity contribution is 6.39. The van der Waals surface area contributed by atoms with E-state index in [9.17, 15) is 4.79 Å². The summed E-state index contributed by atoms with van der Waals surface area (Å²) in [7, 11) is 0. The zero-order valence-electron chi connectivity index (χ0n) is 16.1. The highest BCUT2D eigenvalue weighted by Crippen LogP contribution is 2.53. The third-order valence-electron chi connectivity index (χ3n) is 5.95. The number of carbonyl (C=O) groups excluding carboxylic acids is 1. The highest BCUT2D eigenvalue weighted by atomic mass is 35.5. The lowest BCUT2D eigenvalue weighted by atomic mass is 9.65. The number of aryl methyl sites for hydroxylation is 1. The van der Waals surface area contributed by atoms with Gasteiger partial charge >= 0.3 is 0 Å². The molecule has 1 saturated heterocycles. The SMILES string of the molecule is Cc1onc(-c2c(Cl)cccc2Cl)c1C(=O)N1C[C@]2(C)C[C@@H]1CC(C)(C)C2. The monoisotopic (exact) mass is 406 g/mol. The van der Waals surface area contributed by atoms with Gasteiger partial charge in [-0.05, 0) is 49.1 Å². The highest BCUT2D eigenvalue weighted by Gasteiger charge is 2.51. The maximum Gasteiger partial charge on any atom is 0.260 e. The Morgan fingerprint density at radius 2 is 1.89 bits per heavy atom. The van der Waals surface area contributed by atoms with E-state index in [0.29, 0.717) is 32.6 Å². The first-order chi connectivity index (χ1) is 12.6. The number of hydrogen-bond acceptors (Lipinski definition) is 3. The predicted molar refractivity (Wildman–Crippen MR) is 107 cm³/mol. The van der Waals surface area contributed by atoms with Crippen LogP contribution in [0, 0.1) is 17.8 Å². The molecule has 2 atom stereocenters. The van der Waals surface area contributed by atoms with Crippen LogP contribution in [0.4, 0.5) is 0 Å². The van der Waals surface area contributed by atoms with E-state index < -0.39 is 0 Å². The standard InChI is InChI=1S/C21H24Cl2N2O2/c1-12-16(18(24-27-12)17-14(22)6-5-7-15(17)23)19(26)25-11-21(4)9-13(25)8-20(2,3)10-21/h5-7,13H,8-11H2,1-4H3/t13-,21+/m0/s1. The van der Waals surface area contributed by atoms with Gasteiger partial charge in [0.15, 0.2) is 0 Å². The smallest absolute Gasteiger partial charge is 0.260 e. The molecule has 2 aliphatic rings. The van der Waals surface area contributed by atoms with E-state index in [2.05, 4.69) is 25.9 Å². The number of likely N-dealkylation sites (tertiary alicyclic amines) is 1. The fraction of sp³-hybridized carbons (Fsp3) is 0.524. The van der Waals surface area contributed by atoms with Gasteiger partial charge in [0.1, 0.15) is 17.0 Å². The normalized spacial score (nSPS) is 26.4. The van der Waals surface area contributed by atoms with Crippen molar-refractivity contribution in [1.29, 1.82) is 0 Å². The Hall–Kier alpha value is -1.52. The van der Waals surface area contributed by atoms with Crippen molar-refractivity contribution >= 4 is 29.1 Å². The van der Waals surface area contributed by atoms with Crippen LogP contribution in [0.25, 0.3) is 11.3 Å². The van der Waals surface area contributed by atoms with Crippen molar-refractivity contribution in [2.24, 2.45) is 10.8 Å². The summed E-state index contributed by atoms with van der Waals surface area (Å²) < 4.78 is 5.40. The lowest BCUT2D eigenvalue weighted by Gasteiger charge is -2.39. The molecule has 144 valence electrons. The summed E-state index contributed by atoms with van der Waals surface area (Å²) in [6.45, 7) is 9.42. The summed E-state index contributed by atoms with van der Waals surface area (Å²) in [6.07, 6.45) is 3.20. The van der Waals surface area contributed by atoms with E-state index in [0.717, 1.165) is 25.8 Å².